The molecule has 6 nitrogen and oxygen atoms in total. The monoisotopic (exact) mass is 918 g/mol. The highest BCUT2D eigenvalue weighted by Gasteiger charge is 2.18. The predicted molar refractivity (Wildman–Crippen MR) is 283 cm³/mol. The summed E-state index contributed by atoms with van der Waals surface area (Å²) in [7, 11) is 0. The quantitative estimate of drug-likeness (QED) is 0.0321. The molecule has 2 unspecified atom stereocenters. The molecule has 0 fully saturated rings. The van der Waals surface area contributed by atoms with Gasteiger partial charge in [0.1, 0.15) is 0 Å². The highest BCUT2D eigenvalue weighted by atomic mass is 16.5. The highest BCUT2D eigenvalue weighted by molar-refractivity contribution is 5.76. The first-order chi connectivity index (χ1) is 32.0. The van der Waals surface area contributed by atoms with Crippen molar-refractivity contribution in [2.24, 2.45) is 0 Å². The van der Waals surface area contributed by atoms with Crippen LogP contribution < -0.4 is 5.32 Å². The zero-order valence-corrected chi connectivity index (χ0v) is 44.0. The molecule has 2 atom stereocenters. The maximum atomic E-state index is 12.4. The van der Waals surface area contributed by atoms with E-state index in [1.807, 2.05) is 6.08 Å². The first-order valence-electron chi connectivity index (χ1n) is 29.5. The third-order valence-corrected chi connectivity index (χ3v) is 13.8. The van der Waals surface area contributed by atoms with E-state index in [4.69, 9.17) is 4.74 Å². The zero-order valence-electron chi connectivity index (χ0n) is 44.0. The lowest BCUT2D eigenvalue weighted by Crippen LogP contribution is -2.45. The van der Waals surface area contributed by atoms with Crippen LogP contribution in [0.15, 0.2) is 12.2 Å². The Balaban J connectivity index is 3.40. The minimum absolute atomic E-state index is 0.00735. The van der Waals surface area contributed by atoms with Gasteiger partial charge in [0.2, 0.25) is 5.91 Å². The SMILES string of the molecule is CCCCCCCCCCCCC/C=C/C(O)C(CO)NC(=O)CCCCCCCCCCCCCCCCCCOC(=O)CCCCCCCCCCCCCCCCCCCCC. The number of rotatable bonds is 55. The van der Waals surface area contributed by atoms with Gasteiger partial charge in [0.05, 0.1) is 25.4 Å². The molecule has 0 aromatic heterocycles. The van der Waals surface area contributed by atoms with E-state index < -0.39 is 12.1 Å². The van der Waals surface area contributed by atoms with Crippen LogP contribution >= 0.6 is 0 Å². The maximum absolute atomic E-state index is 12.4. The fourth-order valence-electron chi connectivity index (χ4n) is 9.28. The molecule has 0 aliphatic carbocycles. The summed E-state index contributed by atoms with van der Waals surface area (Å²) in [5.41, 5.74) is 0. The van der Waals surface area contributed by atoms with Gasteiger partial charge in [0, 0.05) is 12.8 Å². The van der Waals surface area contributed by atoms with Crippen LogP contribution in [0.3, 0.4) is 0 Å². The van der Waals surface area contributed by atoms with E-state index in [1.165, 1.54) is 257 Å². The lowest BCUT2D eigenvalue weighted by atomic mass is 10.0. The Morgan fingerprint density at radius 1 is 0.415 bits per heavy atom. The Morgan fingerprint density at radius 3 is 1.05 bits per heavy atom. The van der Waals surface area contributed by atoms with Gasteiger partial charge in [-0.25, -0.2) is 0 Å². The number of carbonyl (C=O) groups is 2. The molecule has 0 bridgehead atoms. The first kappa shape index (κ1) is 63.6. The fourth-order valence-corrected chi connectivity index (χ4v) is 9.28. The molecule has 0 radical (unpaired) electrons. The Labute approximate surface area is 406 Å². The lowest BCUT2D eigenvalue weighted by Gasteiger charge is -2.20. The largest absolute Gasteiger partial charge is 0.466 e. The second kappa shape index (κ2) is 55.2. The number of aliphatic hydroxyl groups is 2. The number of esters is 1. The standard InChI is InChI=1S/C59H115NO5/c1-3-5-7-9-11-13-15-17-18-19-20-21-25-29-33-37-41-45-49-53-59(64)65-54-50-46-42-38-34-30-26-23-22-24-28-32-36-40-44-48-52-58(63)60-56(55-61)57(62)51-47-43-39-35-31-27-16-14-12-10-8-6-4-2/h47,51,56-57,61-62H,3-46,48-50,52-55H2,1-2H3,(H,60,63)/b51-47+. The van der Waals surface area contributed by atoms with Crippen molar-refractivity contribution in [1.29, 1.82) is 0 Å². The molecular weight excluding hydrogens is 803 g/mol. The third-order valence-electron chi connectivity index (χ3n) is 13.8. The smallest absolute Gasteiger partial charge is 0.305 e. The molecule has 0 aliphatic heterocycles. The van der Waals surface area contributed by atoms with Crippen molar-refractivity contribution < 1.29 is 24.5 Å². The summed E-state index contributed by atoms with van der Waals surface area (Å²) in [6, 6.07) is -0.631. The minimum Gasteiger partial charge on any atom is -0.466 e. The number of unbranched alkanes of at least 4 members (excludes halogenated alkanes) is 44. The molecule has 0 saturated carbocycles. The van der Waals surface area contributed by atoms with Crippen LogP contribution in [0.1, 0.15) is 328 Å². The molecule has 6 heteroatoms. The molecule has 65 heavy (non-hydrogen) atoms. The van der Waals surface area contributed by atoms with E-state index in [0.29, 0.717) is 19.4 Å². The molecule has 0 spiro atoms. The fraction of sp³-hybridized carbons (Fsp3) is 0.932. The van der Waals surface area contributed by atoms with Gasteiger partial charge in [-0.3, -0.25) is 9.59 Å². The summed E-state index contributed by atoms with van der Waals surface area (Å²) in [5, 5.41) is 23.1. The number of allylic oxidation sites excluding steroid dienone is 1. The summed E-state index contributed by atoms with van der Waals surface area (Å²) in [6.07, 6.45) is 65.2. The van der Waals surface area contributed by atoms with Crippen molar-refractivity contribution in [3.05, 3.63) is 12.2 Å². The molecule has 0 aliphatic rings. The molecule has 0 rings (SSSR count). The molecule has 386 valence electrons. The average Bonchev–Trinajstić information content (AvgIpc) is 3.31. The number of nitrogens with one attached hydrogen (secondary N) is 1. The van der Waals surface area contributed by atoms with Crippen molar-refractivity contribution in [2.45, 2.75) is 341 Å². The van der Waals surface area contributed by atoms with Crippen molar-refractivity contribution >= 4 is 11.9 Å². The van der Waals surface area contributed by atoms with Gasteiger partial charge in [-0.2, -0.15) is 0 Å². The van der Waals surface area contributed by atoms with Crippen molar-refractivity contribution in [3.63, 3.8) is 0 Å². The second-order valence-corrected chi connectivity index (χ2v) is 20.3. The van der Waals surface area contributed by atoms with Crippen molar-refractivity contribution in [3.8, 4) is 0 Å². The summed E-state index contributed by atoms with van der Waals surface area (Å²) in [4.78, 5) is 24.5. The highest BCUT2D eigenvalue weighted by Crippen LogP contribution is 2.18. The third kappa shape index (κ3) is 51.8. The van der Waals surface area contributed by atoms with Crippen LogP contribution in [-0.2, 0) is 14.3 Å². The topological polar surface area (TPSA) is 95.9 Å². The number of ether oxygens (including phenoxy) is 1. The van der Waals surface area contributed by atoms with Gasteiger partial charge >= 0.3 is 5.97 Å². The van der Waals surface area contributed by atoms with Gasteiger partial charge in [-0.15, -0.1) is 0 Å². The molecule has 0 aromatic rings. The molecule has 1 amide bonds. The number of aliphatic hydroxyl groups excluding tert-OH is 2. The maximum Gasteiger partial charge on any atom is 0.305 e. The summed E-state index contributed by atoms with van der Waals surface area (Å²) >= 11 is 0. The predicted octanol–water partition coefficient (Wildman–Crippen LogP) is 18.1. The summed E-state index contributed by atoms with van der Waals surface area (Å²) in [6.45, 7) is 4.91. The minimum atomic E-state index is -0.847. The van der Waals surface area contributed by atoms with Gasteiger partial charge in [-0.05, 0) is 32.1 Å². The first-order valence-corrected chi connectivity index (χ1v) is 29.5. The summed E-state index contributed by atoms with van der Waals surface area (Å²) in [5.74, 6) is -0.0661. The molecular formula is C59H115NO5. The lowest BCUT2D eigenvalue weighted by molar-refractivity contribution is -0.143. The number of hydrogen-bond acceptors (Lipinski definition) is 5. The molecule has 0 saturated heterocycles. The molecule has 0 heterocycles. The van der Waals surface area contributed by atoms with Gasteiger partial charge in [0.25, 0.3) is 0 Å². The van der Waals surface area contributed by atoms with Gasteiger partial charge in [-0.1, -0.05) is 296 Å². The number of hydrogen-bond donors (Lipinski definition) is 3. The van der Waals surface area contributed by atoms with Crippen LogP contribution in [0, 0.1) is 0 Å². The normalized spacial score (nSPS) is 12.6. The van der Waals surface area contributed by atoms with Crippen LogP contribution in [-0.4, -0.2) is 47.4 Å². The van der Waals surface area contributed by atoms with E-state index in [9.17, 15) is 19.8 Å². The van der Waals surface area contributed by atoms with E-state index in [2.05, 4.69) is 19.2 Å². The average molecular weight is 919 g/mol. The molecule has 3 N–H and O–H groups in total. The zero-order chi connectivity index (χ0) is 47.2. The van der Waals surface area contributed by atoms with Gasteiger partial charge < -0.3 is 20.3 Å². The van der Waals surface area contributed by atoms with Crippen LogP contribution in [0.25, 0.3) is 0 Å². The van der Waals surface area contributed by atoms with E-state index in [-0.39, 0.29) is 18.5 Å². The van der Waals surface area contributed by atoms with E-state index in [0.717, 1.165) is 44.9 Å². The number of amides is 1. The van der Waals surface area contributed by atoms with Gasteiger partial charge in [0.15, 0.2) is 0 Å². The van der Waals surface area contributed by atoms with Crippen LogP contribution in [0.2, 0.25) is 0 Å². The molecule has 0 aromatic carbocycles. The Morgan fingerprint density at radius 2 is 0.708 bits per heavy atom. The van der Waals surface area contributed by atoms with Crippen LogP contribution in [0.5, 0.6) is 0 Å². The number of carbonyl (C=O) groups excluding carboxylic acids is 2. The van der Waals surface area contributed by atoms with Crippen molar-refractivity contribution in [1.82, 2.24) is 5.32 Å². The summed E-state index contributed by atoms with van der Waals surface area (Å²) < 4.78 is 5.49. The van der Waals surface area contributed by atoms with E-state index >= 15 is 0 Å². The Bertz CT molecular complexity index is 970. The Kier molecular flexibility index (Phi) is 54.0. The van der Waals surface area contributed by atoms with E-state index in [1.54, 1.807) is 6.08 Å². The second-order valence-electron chi connectivity index (χ2n) is 20.3. The van der Waals surface area contributed by atoms with Crippen molar-refractivity contribution in [2.75, 3.05) is 13.2 Å². The van der Waals surface area contributed by atoms with Crippen LogP contribution in [0.4, 0.5) is 0 Å². The Hall–Kier alpha value is -1.40.